The van der Waals surface area contributed by atoms with E-state index in [1.165, 1.54) is 48.5 Å². The molecule has 4 rings (SSSR count). The lowest BCUT2D eigenvalue weighted by atomic mass is 10.1. The zero-order valence-electron chi connectivity index (χ0n) is 13.5. The monoisotopic (exact) mass is 335 g/mol. The lowest BCUT2D eigenvalue weighted by Crippen LogP contribution is -2.38. The van der Waals surface area contributed by atoms with Gasteiger partial charge in [-0.3, -0.25) is 13.9 Å². The number of hydrogen-bond donors (Lipinski definition) is 0. The summed E-state index contributed by atoms with van der Waals surface area (Å²) in [5, 5.41) is 1.29. The van der Waals surface area contributed by atoms with Crippen molar-refractivity contribution in [1.29, 1.82) is 0 Å². The maximum atomic E-state index is 12.5. The molecule has 124 valence electrons. The van der Waals surface area contributed by atoms with E-state index >= 15 is 0 Å². The Labute approximate surface area is 137 Å². The molecule has 2 aromatic heterocycles. The van der Waals surface area contributed by atoms with Gasteiger partial charge in [0.1, 0.15) is 0 Å². The molecule has 0 N–H and O–H groups in total. The van der Waals surface area contributed by atoms with Crippen molar-refractivity contribution in [2.75, 3.05) is 19.6 Å². The first kappa shape index (κ1) is 15.0. The predicted molar refractivity (Wildman–Crippen MR) is 90.2 cm³/mol. The van der Waals surface area contributed by atoms with Crippen LogP contribution in [-0.4, -0.2) is 48.5 Å². The van der Waals surface area contributed by atoms with Crippen molar-refractivity contribution >= 4 is 22.9 Å². The van der Waals surface area contributed by atoms with Gasteiger partial charge in [-0.05, 0) is 25.9 Å². The molecule has 1 unspecified atom stereocenters. The second-order valence-corrected chi connectivity index (χ2v) is 7.75. The second kappa shape index (κ2) is 5.52. The standard InChI is InChI=1S/C15H21N5O2S/c1-17-12-11(13(21)18(2)15(17)22)20-9-10(23-14(20)16-12)8-19-6-4-3-5-7-19/h10H,3-9H2,1-2H3. The molecular formula is C15H21N5O2S. The number of likely N-dealkylation sites (tertiary alicyclic amines) is 1. The molecule has 1 saturated heterocycles. The summed E-state index contributed by atoms with van der Waals surface area (Å²) in [4.78, 5) is 31.6. The summed E-state index contributed by atoms with van der Waals surface area (Å²) in [6.45, 7) is 4.19. The van der Waals surface area contributed by atoms with Crippen LogP contribution < -0.4 is 11.2 Å². The van der Waals surface area contributed by atoms with Gasteiger partial charge in [-0.2, -0.15) is 0 Å². The van der Waals surface area contributed by atoms with Gasteiger partial charge in [0.15, 0.2) is 16.3 Å². The van der Waals surface area contributed by atoms with Crippen LogP contribution in [0.2, 0.25) is 0 Å². The molecule has 8 heteroatoms. The van der Waals surface area contributed by atoms with Gasteiger partial charge in [-0.25, -0.2) is 9.78 Å². The van der Waals surface area contributed by atoms with Crippen LogP contribution in [0.1, 0.15) is 19.3 Å². The van der Waals surface area contributed by atoms with E-state index in [1.54, 1.807) is 18.8 Å². The van der Waals surface area contributed by atoms with Gasteiger partial charge >= 0.3 is 5.69 Å². The predicted octanol–water partition coefficient (Wildman–Crippen LogP) is 0.394. The average molecular weight is 335 g/mol. The maximum Gasteiger partial charge on any atom is 0.332 e. The fraction of sp³-hybridized carbons (Fsp3) is 0.667. The summed E-state index contributed by atoms with van der Waals surface area (Å²) in [5.74, 6) is 0. The quantitative estimate of drug-likeness (QED) is 0.795. The van der Waals surface area contributed by atoms with Crippen molar-refractivity contribution in [2.45, 2.75) is 36.2 Å². The summed E-state index contributed by atoms with van der Waals surface area (Å²) >= 11 is 1.73. The molecule has 0 amide bonds. The van der Waals surface area contributed by atoms with E-state index in [2.05, 4.69) is 9.88 Å². The third kappa shape index (κ3) is 2.35. The number of imidazole rings is 1. The first-order chi connectivity index (χ1) is 11.1. The topological polar surface area (TPSA) is 65.1 Å². The SMILES string of the molecule is Cn1c(=O)c2c(nc3n2CC(CN2CCCCC2)S3)n(C)c1=O. The lowest BCUT2D eigenvalue weighted by Gasteiger charge is -2.28. The molecule has 23 heavy (non-hydrogen) atoms. The van der Waals surface area contributed by atoms with Crippen LogP contribution in [0, 0.1) is 0 Å². The second-order valence-electron chi connectivity index (χ2n) is 6.48. The number of piperidine rings is 1. The van der Waals surface area contributed by atoms with Crippen LogP contribution in [0.4, 0.5) is 0 Å². The number of hydrogen-bond acceptors (Lipinski definition) is 5. The summed E-state index contributed by atoms with van der Waals surface area (Å²) in [7, 11) is 3.19. The van der Waals surface area contributed by atoms with Gasteiger partial charge in [0.2, 0.25) is 0 Å². The highest BCUT2D eigenvalue weighted by atomic mass is 32.2. The molecule has 0 aromatic carbocycles. The average Bonchev–Trinajstić information content (AvgIpc) is 3.09. The molecule has 2 aromatic rings. The number of fused-ring (bicyclic) bond motifs is 3. The fourth-order valence-electron chi connectivity index (χ4n) is 3.60. The van der Waals surface area contributed by atoms with E-state index in [-0.39, 0.29) is 11.2 Å². The minimum absolute atomic E-state index is 0.249. The zero-order chi connectivity index (χ0) is 16.1. The van der Waals surface area contributed by atoms with Crippen molar-refractivity contribution in [1.82, 2.24) is 23.6 Å². The summed E-state index contributed by atoms with van der Waals surface area (Å²) in [5.41, 5.74) is 0.477. The summed E-state index contributed by atoms with van der Waals surface area (Å²) in [6, 6.07) is 0. The molecule has 0 aliphatic carbocycles. The lowest BCUT2D eigenvalue weighted by molar-refractivity contribution is 0.227. The minimum atomic E-state index is -0.325. The molecule has 1 fully saturated rings. The van der Waals surface area contributed by atoms with Crippen LogP contribution in [0.15, 0.2) is 14.7 Å². The Balaban J connectivity index is 1.67. The van der Waals surface area contributed by atoms with Gasteiger partial charge in [0, 0.05) is 32.4 Å². The van der Waals surface area contributed by atoms with E-state index in [9.17, 15) is 9.59 Å². The highest BCUT2D eigenvalue weighted by molar-refractivity contribution is 8.00. The van der Waals surface area contributed by atoms with Crippen LogP contribution >= 0.6 is 11.8 Å². The molecule has 7 nitrogen and oxygen atoms in total. The third-order valence-electron chi connectivity index (χ3n) is 4.88. The third-order valence-corrected chi connectivity index (χ3v) is 6.04. The molecular weight excluding hydrogens is 314 g/mol. The van der Waals surface area contributed by atoms with Crippen molar-refractivity contribution in [2.24, 2.45) is 14.1 Å². The number of rotatable bonds is 2. The van der Waals surface area contributed by atoms with Gasteiger partial charge in [-0.15, -0.1) is 0 Å². The highest BCUT2D eigenvalue weighted by Gasteiger charge is 2.30. The Morgan fingerprint density at radius 3 is 2.61 bits per heavy atom. The molecule has 4 heterocycles. The smallest absolute Gasteiger partial charge is 0.312 e. The molecule has 0 spiro atoms. The van der Waals surface area contributed by atoms with Crippen molar-refractivity contribution < 1.29 is 0 Å². The minimum Gasteiger partial charge on any atom is -0.312 e. The Morgan fingerprint density at radius 1 is 1.13 bits per heavy atom. The van der Waals surface area contributed by atoms with Crippen LogP contribution in [0.5, 0.6) is 0 Å². The van der Waals surface area contributed by atoms with Gasteiger partial charge < -0.3 is 9.47 Å². The molecule has 0 bridgehead atoms. The summed E-state index contributed by atoms with van der Waals surface area (Å²) in [6.07, 6.45) is 3.91. The van der Waals surface area contributed by atoms with E-state index in [0.29, 0.717) is 16.4 Å². The normalized spacial score (nSPS) is 21.9. The Morgan fingerprint density at radius 2 is 1.87 bits per heavy atom. The number of aryl methyl sites for hydroxylation is 1. The van der Waals surface area contributed by atoms with Gasteiger partial charge in [0.25, 0.3) is 5.56 Å². The largest absolute Gasteiger partial charge is 0.332 e. The molecule has 1 atom stereocenters. The van der Waals surface area contributed by atoms with E-state index < -0.39 is 0 Å². The fourth-order valence-corrected chi connectivity index (χ4v) is 4.84. The molecule has 2 aliphatic heterocycles. The van der Waals surface area contributed by atoms with Crippen LogP contribution in [-0.2, 0) is 20.6 Å². The van der Waals surface area contributed by atoms with Gasteiger partial charge in [0.05, 0.1) is 0 Å². The zero-order valence-corrected chi connectivity index (χ0v) is 14.3. The van der Waals surface area contributed by atoms with Crippen molar-refractivity contribution in [3.8, 4) is 0 Å². The molecule has 0 saturated carbocycles. The number of aromatic nitrogens is 4. The van der Waals surface area contributed by atoms with Crippen LogP contribution in [0.25, 0.3) is 11.2 Å². The highest BCUT2D eigenvalue weighted by Crippen LogP contribution is 2.34. The van der Waals surface area contributed by atoms with Gasteiger partial charge in [-0.1, -0.05) is 18.2 Å². The molecule has 2 aliphatic rings. The Bertz CT molecular complexity index is 875. The van der Waals surface area contributed by atoms with E-state index in [1.807, 2.05) is 4.57 Å². The Kier molecular flexibility index (Phi) is 3.60. The van der Waals surface area contributed by atoms with E-state index in [0.717, 1.165) is 18.2 Å². The van der Waals surface area contributed by atoms with E-state index in [4.69, 9.17) is 0 Å². The van der Waals surface area contributed by atoms with Crippen LogP contribution in [0.3, 0.4) is 0 Å². The summed E-state index contributed by atoms with van der Waals surface area (Å²) < 4.78 is 4.62. The first-order valence-corrected chi connectivity index (χ1v) is 8.99. The first-order valence-electron chi connectivity index (χ1n) is 8.11. The maximum absolute atomic E-state index is 12.5. The number of nitrogens with zero attached hydrogens (tertiary/aromatic N) is 5. The molecule has 0 radical (unpaired) electrons. The van der Waals surface area contributed by atoms with Crippen molar-refractivity contribution in [3.63, 3.8) is 0 Å². The number of thioether (sulfide) groups is 1. The Hall–Kier alpha value is -1.54. The van der Waals surface area contributed by atoms with Crippen molar-refractivity contribution in [3.05, 3.63) is 20.8 Å².